The number of oxazole rings is 1. The lowest BCUT2D eigenvalue weighted by atomic mass is 10.1. The van der Waals surface area contributed by atoms with Crippen LogP contribution in [0.5, 0.6) is 5.75 Å². The molecule has 0 radical (unpaired) electrons. The van der Waals surface area contributed by atoms with Gasteiger partial charge < -0.3 is 9.15 Å². The molecule has 9 heteroatoms. The van der Waals surface area contributed by atoms with Crippen LogP contribution in [0.1, 0.15) is 34.7 Å². The number of halogens is 3. The first kappa shape index (κ1) is 22.3. The van der Waals surface area contributed by atoms with E-state index in [1.807, 2.05) is 35.1 Å². The van der Waals surface area contributed by atoms with Crippen molar-refractivity contribution >= 4 is 12.2 Å². The summed E-state index contributed by atoms with van der Waals surface area (Å²) in [5, 5.41) is 7.73. The average molecular weight is 454 g/mol. The normalized spacial score (nSPS) is 11.8. The number of benzene rings is 2. The van der Waals surface area contributed by atoms with Crippen molar-refractivity contribution in [1.29, 1.82) is 0 Å². The molecule has 0 N–H and O–H groups in total. The van der Waals surface area contributed by atoms with Crippen molar-refractivity contribution in [1.82, 2.24) is 20.0 Å². The van der Waals surface area contributed by atoms with Crippen LogP contribution in [0.2, 0.25) is 0 Å². The quantitative estimate of drug-likeness (QED) is 0.326. The Hall–Kier alpha value is -3.88. The number of nitrogens with zero attached hydrogens (tertiary/aromatic N) is 4. The zero-order valence-electron chi connectivity index (χ0n) is 17.6. The molecule has 4 aromatic rings. The van der Waals surface area contributed by atoms with Gasteiger partial charge in [-0.2, -0.15) is 13.2 Å². The highest BCUT2D eigenvalue weighted by molar-refractivity contribution is 5.66. The number of aryl methyl sites for hydroxylation is 2. The van der Waals surface area contributed by atoms with E-state index in [4.69, 9.17) is 9.15 Å². The largest absolute Gasteiger partial charge is 0.487 e. The van der Waals surface area contributed by atoms with Crippen molar-refractivity contribution in [3.8, 4) is 5.75 Å². The van der Waals surface area contributed by atoms with E-state index in [1.165, 1.54) is 24.0 Å². The summed E-state index contributed by atoms with van der Waals surface area (Å²) in [6.45, 7) is 1.06. The third-order valence-electron chi connectivity index (χ3n) is 4.86. The minimum Gasteiger partial charge on any atom is -0.487 e. The Bertz CT molecular complexity index is 1170. The molecule has 2 aromatic carbocycles. The fourth-order valence-corrected chi connectivity index (χ4v) is 3.12. The van der Waals surface area contributed by atoms with E-state index in [1.54, 1.807) is 18.3 Å². The molecule has 33 heavy (non-hydrogen) atoms. The second-order valence-electron chi connectivity index (χ2n) is 7.33. The van der Waals surface area contributed by atoms with Crippen molar-refractivity contribution in [3.63, 3.8) is 0 Å². The molecule has 0 saturated carbocycles. The zero-order chi connectivity index (χ0) is 23.1. The van der Waals surface area contributed by atoms with Gasteiger partial charge in [0.1, 0.15) is 24.3 Å². The second kappa shape index (κ2) is 10.2. The Morgan fingerprint density at radius 3 is 2.48 bits per heavy atom. The summed E-state index contributed by atoms with van der Waals surface area (Å²) in [5.74, 6) is 1.07. The lowest BCUT2D eigenvalue weighted by Gasteiger charge is -2.06. The molecule has 0 amide bonds. The van der Waals surface area contributed by atoms with Crippen LogP contribution < -0.4 is 4.74 Å². The molecular weight excluding hydrogens is 433 g/mol. The highest BCUT2D eigenvalue weighted by Gasteiger charge is 2.29. The van der Waals surface area contributed by atoms with Crippen LogP contribution in [0.25, 0.3) is 12.2 Å². The molecule has 2 heterocycles. The molecule has 0 fully saturated rings. The van der Waals surface area contributed by atoms with Gasteiger partial charge in [-0.15, -0.1) is 5.10 Å². The monoisotopic (exact) mass is 454 g/mol. The highest BCUT2D eigenvalue weighted by Crippen LogP contribution is 2.29. The van der Waals surface area contributed by atoms with Gasteiger partial charge in [0.05, 0.1) is 11.8 Å². The van der Waals surface area contributed by atoms with Crippen LogP contribution >= 0.6 is 0 Å². The van der Waals surface area contributed by atoms with Crippen LogP contribution in [0, 0.1) is 0 Å². The molecule has 170 valence electrons. The van der Waals surface area contributed by atoms with E-state index in [-0.39, 0.29) is 6.61 Å². The maximum Gasteiger partial charge on any atom is 0.416 e. The number of rotatable bonds is 9. The minimum atomic E-state index is -4.35. The van der Waals surface area contributed by atoms with Crippen molar-refractivity contribution < 1.29 is 22.3 Å². The van der Waals surface area contributed by atoms with Crippen LogP contribution in [-0.4, -0.2) is 20.0 Å². The SMILES string of the molecule is FC(F)(F)c1ccc(C=Cc2nc(COc3ccc(CCCn4ccnn4)cc3)co2)cc1. The summed E-state index contributed by atoms with van der Waals surface area (Å²) < 4.78 is 50.8. The van der Waals surface area contributed by atoms with Gasteiger partial charge in [0.15, 0.2) is 0 Å². The van der Waals surface area contributed by atoms with Crippen molar-refractivity contribution in [2.24, 2.45) is 0 Å². The molecule has 0 bridgehead atoms. The fourth-order valence-electron chi connectivity index (χ4n) is 3.12. The summed E-state index contributed by atoms with van der Waals surface area (Å²) in [5.41, 5.74) is 1.74. The Labute approximate surface area is 188 Å². The first-order valence-corrected chi connectivity index (χ1v) is 10.3. The van der Waals surface area contributed by atoms with Gasteiger partial charge in [0.2, 0.25) is 5.89 Å². The van der Waals surface area contributed by atoms with Crippen molar-refractivity contribution in [2.45, 2.75) is 32.2 Å². The van der Waals surface area contributed by atoms with E-state index < -0.39 is 11.7 Å². The number of aromatic nitrogens is 4. The number of ether oxygens (including phenoxy) is 1. The van der Waals surface area contributed by atoms with Gasteiger partial charge in [-0.25, -0.2) is 4.98 Å². The Kier molecular flexibility index (Phi) is 6.87. The van der Waals surface area contributed by atoms with E-state index in [2.05, 4.69) is 15.3 Å². The predicted octanol–water partition coefficient (Wildman–Crippen LogP) is 5.67. The Morgan fingerprint density at radius 2 is 1.79 bits per heavy atom. The van der Waals surface area contributed by atoms with Crippen LogP contribution in [0.3, 0.4) is 0 Å². The standard InChI is InChI=1S/C24H21F3N4O2/c25-24(26,27)20-8-3-19(4-9-20)7-12-23-29-21(17-33-23)16-32-22-10-5-18(6-11-22)2-1-14-31-15-13-28-30-31/h3-13,15,17H,1-2,14,16H2. The minimum absolute atomic E-state index is 0.239. The van der Waals surface area contributed by atoms with Gasteiger partial charge in [-0.3, -0.25) is 4.68 Å². The summed E-state index contributed by atoms with van der Waals surface area (Å²) >= 11 is 0. The van der Waals surface area contributed by atoms with E-state index >= 15 is 0 Å². The molecule has 0 atom stereocenters. The first-order valence-electron chi connectivity index (χ1n) is 10.3. The number of hydrogen-bond acceptors (Lipinski definition) is 5. The molecular formula is C24H21F3N4O2. The molecule has 0 aliphatic heterocycles. The predicted molar refractivity (Wildman–Crippen MR) is 116 cm³/mol. The van der Waals surface area contributed by atoms with Gasteiger partial charge in [0.25, 0.3) is 0 Å². The average Bonchev–Trinajstić information content (AvgIpc) is 3.49. The second-order valence-corrected chi connectivity index (χ2v) is 7.33. The number of hydrogen-bond donors (Lipinski definition) is 0. The van der Waals surface area contributed by atoms with Crippen molar-refractivity contribution in [2.75, 3.05) is 0 Å². The first-order chi connectivity index (χ1) is 16.0. The van der Waals surface area contributed by atoms with E-state index in [0.29, 0.717) is 17.1 Å². The van der Waals surface area contributed by atoms with E-state index in [0.717, 1.165) is 37.3 Å². The molecule has 0 saturated heterocycles. The van der Waals surface area contributed by atoms with Gasteiger partial charge in [0, 0.05) is 18.8 Å². The topological polar surface area (TPSA) is 66.0 Å². The number of alkyl halides is 3. The maximum absolute atomic E-state index is 12.6. The summed E-state index contributed by atoms with van der Waals surface area (Å²) in [6, 6.07) is 12.7. The zero-order valence-corrected chi connectivity index (χ0v) is 17.6. The van der Waals surface area contributed by atoms with Gasteiger partial charge >= 0.3 is 6.18 Å². The molecule has 6 nitrogen and oxygen atoms in total. The van der Waals surface area contributed by atoms with Crippen LogP contribution in [0.4, 0.5) is 13.2 Å². The third-order valence-corrected chi connectivity index (χ3v) is 4.86. The van der Waals surface area contributed by atoms with Gasteiger partial charge in [-0.1, -0.05) is 29.5 Å². The molecule has 0 aliphatic rings. The molecule has 2 aromatic heterocycles. The molecule has 0 unspecified atom stereocenters. The summed E-state index contributed by atoms with van der Waals surface area (Å²) in [6.07, 6.45) is 5.78. The third kappa shape index (κ3) is 6.55. The lowest BCUT2D eigenvalue weighted by Crippen LogP contribution is -2.03. The summed E-state index contributed by atoms with van der Waals surface area (Å²) in [4.78, 5) is 4.31. The van der Waals surface area contributed by atoms with E-state index in [9.17, 15) is 13.2 Å². The smallest absolute Gasteiger partial charge is 0.416 e. The maximum atomic E-state index is 12.6. The lowest BCUT2D eigenvalue weighted by molar-refractivity contribution is -0.137. The van der Waals surface area contributed by atoms with Crippen LogP contribution in [0.15, 0.2) is 71.6 Å². The highest BCUT2D eigenvalue weighted by atomic mass is 19.4. The molecule has 0 aliphatic carbocycles. The molecule has 0 spiro atoms. The Morgan fingerprint density at radius 1 is 1.00 bits per heavy atom. The Balaban J connectivity index is 1.24. The fraction of sp³-hybridized carbons (Fsp3) is 0.208. The van der Waals surface area contributed by atoms with Crippen molar-refractivity contribution in [3.05, 3.63) is 95.5 Å². The summed E-state index contributed by atoms with van der Waals surface area (Å²) in [7, 11) is 0. The molecule has 4 rings (SSSR count). The van der Waals surface area contributed by atoms with Gasteiger partial charge in [-0.05, 0) is 54.3 Å². The van der Waals surface area contributed by atoms with Crippen LogP contribution in [-0.2, 0) is 25.7 Å².